The van der Waals surface area contributed by atoms with Crippen LogP contribution in [0, 0.1) is 0 Å². The number of carbonyl (C=O) groups excluding carboxylic acids is 1. The number of aromatic amines is 1. The largest absolute Gasteiger partial charge is 0.468 e. The number of aromatic nitrogens is 1. The van der Waals surface area contributed by atoms with E-state index in [0.29, 0.717) is 19.5 Å². The third kappa shape index (κ3) is 5.93. The number of H-pyrrole nitrogens is 1. The number of aliphatic hydroxyl groups excluding tert-OH is 1. The van der Waals surface area contributed by atoms with Crippen molar-refractivity contribution in [1.29, 1.82) is 0 Å². The lowest BCUT2D eigenvalue weighted by Gasteiger charge is -2.08. The van der Waals surface area contributed by atoms with Gasteiger partial charge in [0.15, 0.2) is 0 Å². The molecule has 0 radical (unpaired) electrons. The Hall–Kier alpha value is -2.40. The Morgan fingerprint density at radius 1 is 1.27 bits per heavy atom. The normalized spacial score (nSPS) is 9.55. The highest BCUT2D eigenvalue weighted by Crippen LogP contribution is 2.22. The molecule has 0 atom stereocenters. The van der Waals surface area contributed by atoms with E-state index in [1.807, 2.05) is 30.3 Å². The maximum Gasteiger partial charge on any atom is 0.293 e. The number of nitrogens with one attached hydrogen (secondary N) is 1. The van der Waals surface area contributed by atoms with Gasteiger partial charge in [-0.3, -0.25) is 9.59 Å². The lowest BCUT2D eigenvalue weighted by Crippen LogP contribution is -2.06. The van der Waals surface area contributed by atoms with Gasteiger partial charge in [-0.05, 0) is 36.5 Å². The van der Waals surface area contributed by atoms with Crippen LogP contribution in [0.3, 0.4) is 0 Å². The van der Waals surface area contributed by atoms with Gasteiger partial charge in [-0.15, -0.1) is 0 Å². The standard InChI is InChI=1S/C14H15NO2.C3H6O2/c16-8-4-7-12-10-15-14(17)9-13(12)11-5-2-1-3-6-11;1-2-5-3-4/h1-3,5-6,9-10,16H,4,7-8H2,(H,15,17);3H,2H2,1H3. The number of carbonyl (C=O) groups is 1. The zero-order valence-corrected chi connectivity index (χ0v) is 12.6. The summed E-state index contributed by atoms with van der Waals surface area (Å²) >= 11 is 0. The molecule has 0 bridgehead atoms. The van der Waals surface area contributed by atoms with E-state index < -0.39 is 0 Å². The summed E-state index contributed by atoms with van der Waals surface area (Å²) in [5, 5.41) is 8.87. The highest BCUT2D eigenvalue weighted by atomic mass is 16.5. The number of rotatable bonds is 6. The third-order valence-electron chi connectivity index (χ3n) is 2.93. The van der Waals surface area contributed by atoms with Gasteiger partial charge in [0.2, 0.25) is 5.56 Å². The number of benzene rings is 1. The van der Waals surface area contributed by atoms with E-state index in [1.165, 1.54) is 0 Å². The molecular formula is C17H21NO4. The van der Waals surface area contributed by atoms with Gasteiger partial charge in [0.25, 0.3) is 6.47 Å². The second-order valence-corrected chi connectivity index (χ2v) is 4.48. The minimum Gasteiger partial charge on any atom is -0.468 e. The van der Waals surface area contributed by atoms with Crippen LogP contribution < -0.4 is 5.56 Å². The van der Waals surface area contributed by atoms with E-state index in [4.69, 9.17) is 5.11 Å². The van der Waals surface area contributed by atoms with Gasteiger partial charge < -0.3 is 14.8 Å². The molecule has 1 heterocycles. The highest BCUT2D eigenvalue weighted by molar-refractivity contribution is 5.66. The van der Waals surface area contributed by atoms with Gasteiger partial charge >= 0.3 is 0 Å². The lowest BCUT2D eigenvalue weighted by molar-refractivity contribution is -0.128. The molecule has 0 spiro atoms. The first-order valence-corrected chi connectivity index (χ1v) is 7.16. The summed E-state index contributed by atoms with van der Waals surface area (Å²) in [5.74, 6) is 0. The van der Waals surface area contributed by atoms with Crippen LogP contribution in [0.15, 0.2) is 47.4 Å². The molecule has 0 saturated heterocycles. The van der Waals surface area contributed by atoms with Crippen LogP contribution >= 0.6 is 0 Å². The van der Waals surface area contributed by atoms with E-state index in [-0.39, 0.29) is 12.2 Å². The summed E-state index contributed by atoms with van der Waals surface area (Å²) in [6.07, 6.45) is 3.20. The lowest BCUT2D eigenvalue weighted by atomic mass is 9.99. The van der Waals surface area contributed by atoms with E-state index >= 15 is 0 Å². The molecule has 5 heteroatoms. The van der Waals surface area contributed by atoms with Crippen molar-refractivity contribution in [3.63, 3.8) is 0 Å². The summed E-state index contributed by atoms with van der Waals surface area (Å²) in [6, 6.07) is 11.4. The summed E-state index contributed by atoms with van der Waals surface area (Å²) in [7, 11) is 0. The van der Waals surface area contributed by atoms with Gasteiger partial charge in [0.05, 0.1) is 6.61 Å². The average molecular weight is 303 g/mol. The monoisotopic (exact) mass is 303 g/mol. The zero-order valence-electron chi connectivity index (χ0n) is 12.6. The summed E-state index contributed by atoms with van der Waals surface area (Å²) in [6.45, 7) is 2.82. The highest BCUT2D eigenvalue weighted by Gasteiger charge is 2.05. The topological polar surface area (TPSA) is 79.4 Å². The van der Waals surface area contributed by atoms with Crippen molar-refractivity contribution in [3.8, 4) is 11.1 Å². The summed E-state index contributed by atoms with van der Waals surface area (Å²) < 4.78 is 4.15. The van der Waals surface area contributed by atoms with E-state index in [0.717, 1.165) is 23.1 Å². The summed E-state index contributed by atoms with van der Waals surface area (Å²) in [4.78, 5) is 23.2. The van der Waals surface area contributed by atoms with E-state index in [1.54, 1.807) is 19.2 Å². The molecule has 0 amide bonds. The van der Waals surface area contributed by atoms with Crippen LogP contribution in [-0.2, 0) is 16.0 Å². The van der Waals surface area contributed by atoms with Crippen molar-refractivity contribution < 1.29 is 14.6 Å². The van der Waals surface area contributed by atoms with Crippen LogP contribution in [0.4, 0.5) is 0 Å². The fraction of sp³-hybridized carbons (Fsp3) is 0.294. The Labute approximate surface area is 129 Å². The fourth-order valence-electron chi connectivity index (χ4n) is 1.93. The van der Waals surface area contributed by atoms with Crippen molar-refractivity contribution in [3.05, 3.63) is 58.5 Å². The number of aryl methyl sites for hydroxylation is 1. The zero-order chi connectivity index (χ0) is 16.2. The molecule has 2 N–H and O–H groups in total. The molecule has 0 fully saturated rings. The minimum atomic E-state index is -0.100. The number of aliphatic hydroxyl groups is 1. The molecule has 0 aliphatic heterocycles. The molecule has 0 saturated carbocycles. The Bertz CT molecular complexity index is 608. The quantitative estimate of drug-likeness (QED) is 0.801. The maximum atomic E-state index is 11.4. The maximum absolute atomic E-state index is 11.4. The molecule has 2 rings (SSSR count). The van der Waals surface area contributed by atoms with Crippen LogP contribution in [0.5, 0.6) is 0 Å². The number of hydrogen-bond donors (Lipinski definition) is 2. The number of hydrogen-bond acceptors (Lipinski definition) is 4. The Kier molecular flexibility index (Phi) is 8.30. The predicted molar refractivity (Wildman–Crippen MR) is 85.6 cm³/mol. The van der Waals surface area contributed by atoms with E-state index in [9.17, 15) is 9.59 Å². The van der Waals surface area contributed by atoms with Gasteiger partial charge in [0.1, 0.15) is 0 Å². The molecule has 22 heavy (non-hydrogen) atoms. The van der Waals surface area contributed by atoms with Gasteiger partial charge in [-0.1, -0.05) is 30.3 Å². The first-order valence-electron chi connectivity index (χ1n) is 7.16. The van der Waals surface area contributed by atoms with Crippen molar-refractivity contribution in [2.45, 2.75) is 19.8 Å². The van der Waals surface area contributed by atoms with Gasteiger partial charge in [-0.2, -0.15) is 0 Å². The Morgan fingerprint density at radius 3 is 2.55 bits per heavy atom. The van der Waals surface area contributed by atoms with Crippen LogP contribution in [-0.4, -0.2) is 29.8 Å². The molecule has 0 aliphatic rings. The smallest absolute Gasteiger partial charge is 0.293 e. The second-order valence-electron chi connectivity index (χ2n) is 4.48. The van der Waals surface area contributed by atoms with Crippen molar-refractivity contribution in [2.24, 2.45) is 0 Å². The average Bonchev–Trinajstić information content (AvgIpc) is 2.56. The Morgan fingerprint density at radius 2 is 2.00 bits per heavy atom. The fourth-order valence-corrected chi connectivity index (χ4v) is 1.93. The van der Waals surface area contributed by atoms with Crippen molar-refractivity contribution in [2.75, 3.05) is 13.2 Å². The Balaban J connectivity index is 0.000000422. The van der Waals surface area contributed by atoms with E-state index in [2.05, 4.69) is 9.72 Å². The molecule has 1 aromatic heterocycles. The third-order valence-corrected chi connectivity index (χ3v) is 2.93. The molecule has 2 aromatic rings. The first-order chi connectivity index (χ1) is 10.7. The molecule has 0 aliphatic carbocycles. The molecule has 0 unspecified atom stereocenters. The van der Waals surface area contributed by atoms with Crippen LogP contribution in [0.25, 0.3) is 11.1 Å². The van der Waals surface area contributed by atoms with Crippen LogP contribution in [0.1, 0.15) is 18.9 Å². The number of ether oxygens (including phenoxy) is 1. The predicted octanol–water partition coefficient (Wildman–Crippen LogP) is 2.15. The van der Waals surface area contributed by atoms with Gasteiger partial charge in [-0.25, -0.2) is 0 Å². The SMILES string of the molecule is CCOC=O.O=c1cc(-c2ccccc2)c(CCCO)c[nH]1. The molecule has 1 aromatic carbocycles. The van der Waals surface area contributed by atoms with Gasteiger partial charge in [0, 0.05) is 18.9 Å². The summed E-state index contributed by atoms with van der Waals surface area (Å²) in [5.41, 5.74) is 2.94. The van der Waals surface area contributed by atoms with Crippen LogP contribution in [0.2, 0.25) is 0 Å². The second kappa shape index (κ2) is 10.3. The van der Waals surface area contributed by atoms with Crippen molar-refractivity contribution >= 4 is 6.47 Å². The molecule has 118 valence electrons. The molecular weight excluding hydrogens is 282 g/mol. The minimum absolute atomic E-state index is 0.100. The first kappa shape index (κ1) is 17.7. The van der Waals surface area contributed by atoms with Crippen molar-refractivity contribution in [1.82, 2.24) is 4.98 Å². The number of pyridine rings is 1. The molecule has 5 nitrogen and oxygen atoms in total.